The molecule has 0 saturated carbocycles. The molecule has 1 amide bonds. The van der Waals surface area contributed by atoms with Crippen molar-refractivity contribution < 1.29 is 4.79 Å². The predicted molar refractivity (Wildman–Crippen MR) is 79.7 cm³/mol. The quantitative estimate of drug-likeness (QED) is 0.829. The number of hydrogen-bond donors (Lipinski definition) is 0. The van der Waals surface area contributed by atoms with Gasteiger partial charge in [-0.1, -0.05) is 6.92 Å². The fraction of sp³-hybridized carbons (Fsp3) is 0.733. The number of piperazine rings is 1. The molecule has 1 aliphatic rings. The largest absolute Gasteiger partial charge is 0.340 e. The molecule has 0 spiro atoms. The zero-order valence-corrected chi connectivity index (χ0v) is 13.1. The third kappa shape index (κ3) is 3.20. The molecule has 112 valence electrons. The Bertz CT molecular complexity index is 472. The van der Waals surface area contributed by atoms with Crippen LogP contribution in [0.2, 0.25) is 0 Å². The van der Waals surface area contributed by atoms with E-state index in [9.17, 15) is 4.79 Å². The summed E-state index contributed by atoms with van der Waals surface area (Å²) >= 11 is 0. The van der Waals surface area contributed by atoms with Gasteiger partial charge in [-0.2, -0.15) is 5.10 Å². The van der Waals surface area contributed by atoms with Crippen LogP contribution in [0.4, 0.5) is 0 Å². The summed E-state index contributed by atoms with van der Waals surface area (Å²) in [6.07, 6.45) is 1.40. The molecule has 1 aromatic rings. The summed E-state index contributed by atoms with van der Waals surface area (Å²) in [6.45, 7) is 11.1. The van der Waals surface area contributed by atoms with E-state index in [0.717, 1.165) is 44.8 Å². The topological polar surface area (TPSA) is 41.4 Å². The van der Waals surface area contributed by atoms with E-state index in [1.807, 2.05) is 23.6 Å². The second-order valence-electron chi connectivity index (χ2n) is 5.59. The molecule has 0 N–H and O–H groups in total. The minimum Gasteiger partial charge on any atom is -0.340 e. The zero-order valence-electron chi connectivity index (χ0n) is 13.1. The highest BCUT2D eigenvalue weighted by Crippen LogP contribution is 2.15. The van der Waals surface area contributed by atoms with Crippen molar-refractivity contribution in [2.24, 2.45) is 7.05 Å². The summed E-state index contributed by atoms with van der Waals surface area (Å²) < 4.78 is 1.90. The van der Waals surface area contributed by atoms with Crippen LogP contribution >= 0.6 is 0 Å². The average molecular weight is 278 g/mol. The Morgan fingerprint density at radius 1 is 1.20 bits per heavy atom. The van der Waals surface area contributed by atoms with Crippen LogP contribution < -0.4 is 0 Å². The molecule has 0 unspecified atom stereocenters. The van der Waals surface area contributed by atoms with Crippen molar-refractivity contribution in [3.05, 3.63) is 17.0 Å². The van der Waals surface area contributed by atoms with Crippen LogP contribution in [0.25, 0.3) is 0 Å². The lowest BCUT2D eigenvalue weighted by Crippen LogP contribution is -2.48. The lowest BCUT2D eigenvalue weighted by Gasteiger charge is -2.34. The van der Waals surface area contributed by atoms with Gasteiger partial charge in [-0.25, -0.2) is 0 Å². The summed E-state index contributed by atoms with van der Waals surface area (Å²) in [7, 11) is 1.96. The minimum absolute atomic E-state index is 0.281. The Labute approximate surface area is 121 Å². The van der Waals surface area contributed by atoms with E-state index >= 15 is 0 Å². The van der Waals surface area contributed by atoms with Gasteiger partial charge < -0.3 is 9.80 Å². The molecule has 0 atom stereocenters. The van der Waals surface area contributed by atoms with Gasteiger partial charge in [0.05, 0.1) is 5.69 Å². The number of aryl methyl sites for hydroxylation is 2. The molecule has 0 aromatic carbocycles. The van der Waals surface area contributed by atoms with Gasteiger partial charge in [-0.15, -0.1) is 0 Å². The van der Waals surface area contributed by atoms with Crippen molar-refractivity contribution in [1.29, 1.82) is 0 Å². The van der Waals surface area contributed by atoms with E-state index in [0.29, 0.717) is 6.42 Å². The number of amides is 1. The van der Waals surface area contributed by atoms with Crippen molar-refractivity contribution >= 4 is 5.91 Å². The van der Waals surface area contributed by atoms with Crippen LogP contribution in [-0.4, -0.2) is 58.2 Å². The van der Waals surface area contributed by atoms with Gasteiger partial charge in [0.1, 0.15) is 0 Å². The molecule has 2 heterocycles. The summed E-state index contributed by atoms with van der Waals surface area (Å²) in [4.78, 5) is 16.7. The number of nitrogens with zero attached hydrogens (tertiary/aromatic N) is 4. The second-order valence-corrected chi connectivity index (χ2v) is 5.59. The summed E-state index contributed by atoms with van der Waals surface area (Å²) in [5.41, 5.74) is 3.45. The van der Waals surface area contributed by atoms with E-state index in [1.165, 1.54) is 11.3 Å². The normalized spacial score (nSPS) is 16.7. The molecule has 0 aliphatic carbocycles. The van der Waals surface area contributed by atoms with Gasteiger partial charge in [0, 0.05) is 45.3 Å². The van der Waals surface area contributed by atoms with Crippen LogP contribution in [0.5, 0.6) is 0 Å². The maximum absolute atomic E-state index is 12.3. The second kappa shape index (κ2) is 6.39. The predicted octanol–water partition coefficient (Wildman–Crippen LogP) is 1.13. The molecular formula is C15H26N4O. The molecule has 5 nitrogen and oxygen atoms in total. The SMILES string of the molecule is CCN1CCN(C(=O)CCc2c(C)nn(C)c2C)CC1. The highest BCUT2D eigenvalue weighted by molar-refractivity contribution is 5.76. The van der Waals surface area contributed by atoms with Crippen molar-refractivity contribution in [3.63, 3.8) is 0 Å². The van der Waals surface area contributed by atoms with Crippen LogP contribution in [0, 0.1) is 13.8 Å². The monoisotopic (exact) mass is 278 g/mol. The summed E-state index contributed by atoms with van der Waals surface area (Å²) in [5.74, 6) is 0.281. The minimum atomic E-state index is 0.281. The number of carbonyl (C=O) groups is 1. The van der Waals surface area contributed by atoms with Gasteiger partial charge >= 0.3 is 0 Å². The smallest absolute Gasteiger partial charge is 0.222 e. The van der Waals surface area contributed by atoms with E-state index in [2.05, 4.69) is 23.8 Å². The average Bonchev–Trinajstić information content (AvgIpc) is 2.70. The van der Waals surface area contributed by atoms with Crippen LogP contribution in [-0.2, 0) is 18.3 Å². The Balaban J connectivity index is 1.86. The molecule has 1 aliphatic heterocycles. The van der Waals surface area contributed by atoms with Crippen LogP contribution in [0.1, 0.15) is 30.3 Å². The highest BCUT2D eigenvalue weighted by Gasteiger charge is 2.20. The molecule has 0 bridgehead atoms. The van der Waals surface area contributed by atoms with Gasteiger partial charge in [-0.05, 0) is 32.4 Å². The van der Waals surface area contributed by atoms with Crippen LogP contribution in [0.3, 0.4) is 0 Å². The van der Waals surface area contributed by atoms with Gasteiger partial charge in [0.15, 0.2) is 0 Å². The Hall–Kier alpha value is -1.36. The van der Waals surface area contributed by atoms with Crippen molar-refractivity contribution in [2.75, 3.05) is 32.7 Å². The van der Waals surface area contributed by atoms with E-state index < -0.39 is 0 Å². The van der Waals surface area contributed by atoms with E-state index in [4.69, 9.17) is 0 Å². The maximum Gasteiger partial charge on any atom is 0.222 e. The maximum atomic E-state index is 12.3. The molecule has 1 aromatic heterocycles. The first-order chi connectivity index (χ1) is 9.52. The number of hydrogen-bond acceptors (Lipinski definition) is 3. The first-order valence-electron chi connectivity index (χ1n) is 7.52. The Kier molecular flexibility index (Phi) is 4.81. The Morgan fingerprint density at radius 2 is 1.85 bits per heavy atom. The van der Waals surface area contributed by atoms with Gasteiger partial charge in [0.2, 0.25) is 5.91 Å². The van der Waals surface area contributed by atoms with Gasteiger partial charge in [0.25, 0.3) is 0 Å². The van der Waals surface area contributed by atoms with Crippen molar-refractivity contribution in [2.45, 2.75) is 33.6 Å². The fourth-order valence-electron chi connectivity index (χ4n) is 2.88. The lowest BCUT2D eigenvalue weighted by molar-refractivity contribution is -0.132. The number of likely N-dealkylation sites (N-methyl/N-ethyl adjacent to an activating group) is 1. The number of rotatable bonds is 4. The van der Waals surface area contributed by atoms with Crippen molar-refractivity contribution in [1.82, 2.24) is 19.6 Å². The molecule has 5 heteroatoms. The number of aromatic nitrogens is 2. The molecule has 0 radical (unpaired) electrons. The van der Waals surface area contributed by atoms with Crippen LogP contribution in [0.15, 0.2) is 0 Å². The number of carbonyl (C=O) groups excluding carboxylic acids is 1. The highest BCUT2D eigenvalue weighted by atomic mass is 16.2. The molecule has 2 rings (SSSR count). The third-order valence-electron chi connectivity index (χ3n) is 4.42. The summed E-state index contributed by atoms with van der Waals surface area (Å²) in [6, 6.07) is 0. The standard InChI is InChI=1S/C15H26N4O/c1-5-18-8-10-19(11-9-18)15(20)7-6-14-12(2)16-17(4)13(14)3/h5-11H2,1-4H3. The molecule has 20 heavy (non-hydrogen) atoms. The summed E-state index contributed by atoms with van der Waals surface area (Å²) in [5, 5.41) is 4.41. The molecule has 1 fully saturated rings. The fourth-order valence-corrected chi connectivity index (χ4v) is 2.88. The Morgan fingerprint density at radius 3 is 2.35 bits per heavy atom. The van der Waals surface area contributed by atoms with Crippen molar-refractivity contribution in [3.8, 4) is 0 Å². The third-order valence-corrected chi connectivity index (χ3v) is 4.42. The first kappa shape index (κ1) is 15.0. The van der Waals surface area contributed by atoms with E-state index in [1.54, 1.807) is 0 Å². The zero-order chi connectivity index (χ0) is 14.7. The van der Waals surface area contributed by atoms with Gasteiger partial charge in [-0.3, -0.25) is 9.48 Å². The molecule has 1 saturated heterocycles. The molecular weight excluding hydrogens is 252 g/mol. The van der Waals surface area contributed by atoms with E-state index in [-0.39, 0.29) is 5.91 Å². The lowest BCUT2D eigenvalue weighted by atomic mass is 10.1. The first-order valence-corrected chi connectivity index (χ1v) is 7.52.